The maximum atomic E-state index is 12.7. The number of aromatic hydroxyl groups is 1. The van der Waals surface area contributed by atoms with Gasteiger partial charge in [-0.05, 0) is 55.7 Å². The van der Waals surface area contributed by atoms with Gasteiger partial charge in [-0.25, -0.2) is 0 Å². The van der Waals surface area contributed by atoms with Gasteiger partial charge in [0, 0.05) is 23.3 Å². The predicted molar refractivity (Wildman–Crippen MR) is 129 cm³/mol. The van der Waals surface area contributed by atoms with Gasteiger partial charge in [0.05, 0.1) is 19.3 Å². The largest absolute Gasteiger partial charge is 0.496 e. The van der Waals surface area contributed by atoms with Crippen LogP contribution in [0.5, 0.6) is 17.4 Å². The van der Waals surface area contributed by atoms with Crippen LogP contribution in [0.1, 0.15) is 52.9 Å². The maximum absolute atomic E-state index is 12.7. The van der Waals surface area contributed by atoms with Gasteiger partial charge in [0.2, 0.25) is 5.88 Å². The van der Waals surface area contributed by atoms with E-state index in [0.717, 1.165) is 28.9 Å². The van der Waals surface area contributed by atoms with Gasteiger partial charge >= 0.3 is 0 Å². The molecule has 0 saturated carbocycles. The van der Waals surface area contributed by atoms with E-state index >= 15 is 0 Å². The minimum absolute atomic E-state index is 0.0439. The van der Waals surface area contributed by atoms with Crippen molar-refractivity contribution >= 4 is 17.5 Å². The molecule has 0 unspecified atom stereocenters. The van der Waals surface area contributed by atoms with Crippen LogP contribution in [-0.2, 0) is 12.2 Å². The third kappa shape index (κ3) is 6.16. The molecular formula is C25H28N2O5S. The molecule has 0 aliphatic heterocycles. The number of rotatable bonds is 10. The molecule has 3 aromatic rings. The summed E-state index contributed by atoms with van der Waals surface area (Å²) in [5.74, 6) is 1.52. The molecule has 33 heavy (non-hydrogen) atoms. The highest BCUT2D eigenvalue weighted by molar-refractivity contribution is 7.98. The van der Waals surface area contributed by atoms with Crippen molar-refractivity contribution in [2.45, 2.75) is 44.5 Å². The molecule has 1 aromatic heterocycles. The monoisotopic (exact) mass is 468 g/mol. The van der Waals surface area contributed by atoms with Crippen LogP contribution in [0.2, 0.25) is 0 Å². The highest BCUT2D eigenvalue weighted by atomic mass is 32.2. The second kappa shape index (κ2) is 11.0. The highest BCUT2D eigenvalue weighted by Crippen LogP contribution is 2.28. The van der Waals surface area contributed by atoms with Gasteiger partial charge in [-0.3, -0.25) is 9.59 Å². The molecular weight excluding hydrogens is 440 g/mol. The van der Waals surface area contributed by atoms with Crippen LogP contribution in [0.15, 0.2) is 46.3 Å². The van der Waals surface area contributed by atoms with Gasteiger partial charge in [-0.2, -0.15) is 4.98 Å². The van der Waals surface area contributed by atoms with E-state index in [4.69, 9.17) is 9.47 Å². The molecule has 0 aliphatic carbocycles. The fraction of sp³-hybridized carbons (Fsp3) is 0.320. The number of Topliss-reactive ketones (excluding diaryl/α,β-unsaturated/α-hetero) is 1. The van der Waals surface area contributed by atoms with Gasteiger partial charge in [-0.1, -0.05) is 30.8 Å². The molecule has 0 amide bonds. The van der Waals surface area contributed by atoms with E-state index in [1.54, 1.807) is 25.3 Å². The van der Waals surface area contributed by atoms with Crippen molar-refractivity contribution in [3.05, 3.63) is 74.6 Å². The van der Waals surface area contributed by atoms with E-state index < -0.39 is 5.56 Å². The molecule has 174 valence electrons. The Morgan fingerprint density at radius 3 is 2.58 bits per heavy atom. The third-order valence-electron chi connectivity index (χ3n) is 5.11. The van der Waals surface area contributed by atoms with E-state index in [2.05, 4.69) is 9.97 Å². The Morgan fingerprint density at radius 2 is 1.94 bits per heavy atom. The van der Waals surface area contributed by atoms with Crippen LogP contribution in [0.3, 0.4) is 0 Å². The summed E-state index contributed by atoms with van der Waals surface area (Å²) in [4.78, 5) is 31.3. The van der Waals surface area contributed by atoms with Crippen molar-refractivity contribution in [3.63, 3.8) is 0 Å². The molecule has 2 aromatic carbocycles. The Balaban J connectivity index is 1.76. The zero-order valence-electron chi connectivity index (χ0n) is 19.2. The number of nitrogens with one attached hydrogen (secondary N) is 1. The molecule has 8 heteroatoms. The summed E-state index contributed by atoms with van der Waals surface area (Å²) in [6.45, 7) is 6.15. The lowest BCUT2D eigenvalue weighted by Gasteiger charge is -2.11. The van der Waals surface area contributed by atoms with Gasteiger partial charge in [0.15, 0.2) is 10.9 Å². The number of hydrogen-bond donors (Lipinski definition) is 2. The average molecular weight is 469 g/mol. The highest BCUT2D eigenvalue weighted by Gasteiger charge is 2.14. The molecule has 0 atom stereocenters. The first kappa shape index (κ1) is 24.4. The minimum atomic E-state index is -0.390. The number of aryl methyl sites for hydroxylation is 1. The lowest BCUT2D eigenvalue weighted by Crippen LogP contribution is -2.15. The van der Waals surface area contributed by atoms with E-state index in [-0.39, 0.29) is 28.8 Å². The van der Waals surface area contributed by atoms with Crippen LogP contribution in [0, 0.1) is 6.92 Å². The van der Waals surface area contributed by atoms with Gasteiger partial charge in [-0.15, -0.1) is 0 Å². The Labute approximate surface area is 197 Å². The van der Waals surface area contributed by atoms with E-state index in [0.29, 0.717) is 23.7 Å². The molecule has 0 radical (unpaired) electrons. The molecule has 0 spiro atoms. The van der Waals surface area contributed by atoms with Crippen molar-refractivity contribution in [2.75, 3.05) is 13.7 Å². The van der Waals surface area contributed by atoms with Crippen LogP contribution in [-0.4, -0.2) is 34.6 Å². The van der Waals surface area contributed by atoms with Crippen LogP contribution in [0.25, 0.3) is 0 Å². The lowest BCUT2D eigenvalue weighted by atomic mass is 10.0. The first-order valence-corrected chi connectivity index (χ1v) is 11.7. The Bertz CT molecular complexity index is 1210. The topological polar surface area (TPSA) is 102 Å². The summed E-state index contributed by atoms with van der Waals surface area (Å²) in [6, 6.07) is 10.9. The molecule has 7 nitrogen and oxygen atoms in total. The summed E-state index contributed by atoms with van der Waals surface area (Å²) in [5, 5.41) is 10.7. The molecule has 3 rings (SSSR count). The van der Waals surface area contributed by atoms with E-state index in [1.165, 1.54) is 18.7 Å². The molecule has 2 N–H and O–H groups in total. The minimum Gasteiger partial charge on any atom is -0.496 e. The number of carbonyl (C=O) groups is 1. The van der Waals surface area contributed by atoms with Gasteiger partial charge < -0.3 is 19.6 Å². The summed E-state index contributed by atoms with van der Waals surface area (Å²) in [6.07, 6.45) is 1.18. The lowest BCUT2D eigenvalue weighted by molar-refractivity contribution is 0.101. The van der Waals surface area contributed by atoms with E-state index in [1.807, 2.05) is 32.0 Å². The maximum Gasteiger partial charge on any atom is 0.258 e. The molecule has 1 heterocycles. The number of methoxy groups -OCH3 is 1. The number of thioether (sulfide) groups is 1. The van der Waals surface area contributed by atoms with Crippen LogP contribution < -0.4 is 15.0 Å². The molecule has 0 saturated heterocycles. The summed E-state index contributed by atoms with van der Waals surface area (Å²) in [5.41, 5.74) is 3.04. The average Bonchev–Trinajstić information content (AvgIpc) is 2.79. The SMILES string of the molecule is CCCOc1ccc(Cc2c(O)nc(SCc3cc(C(C)=O)ccc3OC)[nH]c2=O)cc1C. The predicted octanol–water partition coefficient (Wildman–Crippen LogP) is 4.67. The standard InChI is InChI=1S/C25H28N2O5S/c1-5-10-32-21-8-6-17(11-15(21)2)12-20-23(29)26-25(27-24(20)30)33-14-19-13-18(16(3)28)7-9-22(19)31-4/h6-9,11,13H,5,10,12,14H2,1-4H3,(H2,26,27,29,30). The number of nitrogens with zero attached hydrogens (tertiary/aromatic N) is 1. The quantitative estimate of drug-likeness (QED) is 0.253. The zero-order chi connectivity index (χ0) is 24.0. The molecule has 0 fully saturated rings. The number of carbonyl (C=O) groups excluding carboxylic acids is 1. The number of hydrogen-bond acceptors (Lipinski definition) is 7. The van der Waals surface area contributed by atoms with Crippen molar-refractivity contribution < 1.29 is 19.4 Å². The number of ether oxygens (including phenoxy) is 2. The van der Waals surface area contributed by atoms with Crippen LogP contribution >= 0.6 is 11.8 Å². The van der Waals surface area contributed by atoms with Crippen molar-refractivity contribution in [3.8, 4) is 17.4 Å². The molecule has 0 aliphatic rings. The number of H-pyrrole nitrogens is 1. The van der Waals surface area contributed by atoms with Gasteiger partial charge in [0.1, 0.15) is 11.5 Å². The number of aromatic amines is 1. The van der Waals surface area contributed by atoms with Gasteiger partial charge in [0.25, 0.3) is 5.56 Å². The van der Waals surface area contributed by atoms with Crippen molar-refractivity contribution in [1.29, 1.82) is 0 Å². The normalized spacial score (nSPS) is 10.8. The number of benzene rings is 2. The fourth-order valence-corrected chi connectivity index (χ4v) is 4.18. The number of aromatic nitrogens is 2. The second-order valence-corrected chi connectivity index (χ2v) is 8.63. The second-order valence-electron chi connectivity index (χ2n) is 7.67. The first-order chi connectivity index (χ1) is 15.8. The van der Waals surface area contributed by atoms with Crippen molar-refractivity contribution in [1.82, 2.24) is 9.97 Å². The summed E-state index contributed by atoms with van der Waals surface area (Å²) < 4.78 is 11.1. The van der Waals surface area contributed by atoms with Crippen molar-refractivity contribution in [2.24, 2.45) is 0 Å². The van der Waals surface area contributed by atoms with Crippen LogP contribution in [0.4, 0.5) is 0 Å². The fourth-order valence-electron chi connectivity index (χ4n) is 3.35. The molecule has 0 bridgehead atoms. The third-order valence-corrected chi connectivity index (χ3v) is 6.03. The smallest absolute Gasteiger partial charge is 0.258 e. The zero-order valence-corrected chi connectivity index (χ0v) is 20.0. The summed E-state index contributed by atoms with van der Waals surface area (Å²) in [7, 11) is 1.56. The Morgan fingerprint density at radius 1 is 1.18 bits per heavy atom. The summed E-state index contributed by atoms with van der Waals surface area (Å²) >= 11 is 1.24. The first-order valence-electron chi connectivity index (χ1n) is 10.7. The number of ketones is 1. The Hall–Kier alpha value is -3.26. The Kier molecular flexibility index (Phi) is 8.16. The van der Waals surface area contributed by atoms with E-state index in [9.17, 15) is 14.7 Å².